The number of nitrogen functional groups attached to an aromatic ring is 1. The first kappa shape index (κ1) is 25.3. The molecule has 0 spiro atoms. The van der Waals surface area contributed by atoms with E-state index in [4.69, 9.17) is 15.9 Å². The highest BCUT2D eigenvalue weighted by atomic mass is 32.2. The molecule has 0 saturated heterocycles. The number of sulfonamides is 1. The quantitative estimate of drug-likeness (QED) is 0.194. The number of benzene rings is 3. The number of anilines is 1. The van der Waals surface area contributed by atoms with Crippen molar-refractivity contribution in [2.24, 2.45) is 5.73 Å². The Balaban J connectivity index is 1.70. The van der Waals surface area contributed by atoms with Gasteiger partial charge in [0.1, 0.15) is 16.6 Å². The van der Waals surface area contributed by atoms with Gasteiger partial charge in [0.15, 0.2) is 0 Å². The van der Waals surface area contributed by atoms with Gasteiger partial charge in [0.2, 0.25) is 15.9 Å². The van der Waals surface area contributed by atoms with Crippen molar-refractivity contribution in [3.8, 4) is 5.75 Å². The van der Waals surface area contributed by atoms with Gasteiger partial charge in [-0.2, -0.15) is 0 Å². The maximum absolute atomic E-state index is 13.3. The fourth-order valence-electron chi connectivity index (χ4n) is 3.66. The number of rotatable bonds is 9. The molecule has 36 heavy (non-hydrogen) atoms. The van der Waals surface area contributed by atoms with Gasteiger partial charge in [0.05, 0.1) is 28.3 Å². The van der Waals surface area contributed by atoms with Crippen LogP contribution in [0.2, 0.25) is 0 Å². The van der Waals surface area contributed by atoms with Crippen LogP contribution in [0.4, 0.5) is 5.69 Å². The largest absolute Gasteiger partial charge is 0.497 e. The van der Waals surface area contributed by atoms with Crippen molar-refractivity contribution in [1.82, 2.24) is 9.71 Å². The van der Waals surface area contributed by atoms with Gasteiger partial charge in [-0.15, -0.1) is 11.3 Å². The highest BCUT2D eigenvalue weighted by Crippen LogP contribution is 2.32. The lowest BCUT2D eigenvalue weighted by atomic mass is 10.0. The number of amides is 1. The van der Waals surface area contributed by atoms with Crippen molar-refractivity contribution < 1.29 is 17.9 Å². The number of nitrogens with one attached hydrogen (secondary N) is 3. The summed E-state index contributed by atoms with van der Waals surface area (Å²) in [6.45, 7) is 1.38. The van der Waals surface area contributed by atoms with Gasteiger partial charge in [-0.3, -0.25) is 10.2 Å². The first-order chi connectivity index (χ1) is 17.1. The molecule has 0 fully saturated rings. The topological polar surface area (TPSA) is 147 Å². The van der Waals surface area contributed by atoms with Crippen LogP contribution in [0.25, 0.3) is 10.2 Å². The molecule has 9 nitrogen and oxygen atoms in total. The number of hydrogen-bond donors (Lipinski definition) is 4. The summed E-state index contributed by atoms with van der Waals surface area (Å²) in [4.78, 5) is 16.0. The summed E-state index contributed by atoms with van der Waals surface area (Å²) in [6.07, 6.45) is 0.293. The van der Waals surface area contributed by atoms with Gasteiger partial charge in [-0.25, -0.2) is 18.1 Å². The number of fused-ring (bicyclic) bond motifs is 1. The SMILES string of the molecule is COc1ccc2nc(C(Cc3cccc(C(=N)N)c3)NS(=O)(=O)c3ccc(NC(C)=O)cc3)sc2c1. The Morgan fingerprint density at radius 2 is 1.89 bits per heavy atom. The molecule has 1 amide bonds. The second-order valence-electron chi connectivity index (χ2n) is 8.08. The van der Waals surface area contributed by atoms with Crippen LogP contribution >= 0.6 is 11.3 Å². The summed E-state index contributed by atoms with van der Waals surface area (Å²) in [7, 11) is -2.35. The predicted octanol–water partition coefficient (Wildman–Crippen LogP) is 3.81. The molecule has 0 aliphatic carbocycles. The van der Waals surface area contributed by atoms with E-state index in [0.717, 1.165) is 15.8 Å². The summed E-state index contributed by atoms with van der Waals surface area (Å²) in [5.74, 6) is 0.368. The number of nitrogens with two attached hydrogens (primary N) is 1. The number of carbonyl (C=O) groups excluding carboxylic acids is 1. The van der Waals surface area contributed by atoms with Crippen LogP contribution in [0.1, 0.15) is 29.1 Å². The number of hydrogen-bond acceptors (Lipinski definition) is 7. The summed E-state index contributed by atoms with van der Waals surface area (Å²) in [5, 5.41) is 10.9. The summed E-state index contributed by atoms with van der Waals surface area (Å²) in [5.41, 5.74) is 8.23. The minimum atomic E-state index is -3.94. The number of ether oxygens (including phenoxy) is 1. The molecule has 0 radical (unpaired) electrons. The predicted molar refractivity (Wildman–Crippen MR) is 141 cm³/mol. The number of nitrogens with zero attached hydrogens (tertiary/aromatic N) is 1. The molecule has 186 valence electrons. The van der Waals surface area contributed by atoms with Crippen molar-refractivity contribution in [3.05, 3.63) is 82.9 Å². The van der Waals surface area contributed by atoms with E-state index in [9.17, 15) is 13.2 Å². The van der Waals surface area contributed by atoms with Gasteiger partial charge < -0.3 is 15.8 Å². The molecule has 1 heterocycles. The minimum absolute atomic E-state index is 0.0573. The molecular weight excluding hydrogens is 498 g/mol. The molecule has 0 saturated carbocycles. The fourth-order valence-corrected chi connectivity index (χ4v) is 5.98. The van der Waals surface area contributed by atoms with E-state index in [1.165, 1.54) is 42.5 Å². The minimum Gasteiger partial charge on any atom is -0.497 e. The average molecular weight is 524 g/mol. The molecule has 1 aromatic heterocycles. The molecule has 4 rings (SSSR count). The molecule has 0 aliphatic heterocycles. The third-order valence-electron chi connectivity index (χ3n) is 5.37. The lowest BCUT2D eigenvalue weighted by Crippen LogP contribution is -2.30. The Morgan fingerprint density at radius 3 is 2.56 bits per heavy atom. The molecule has 0 bridgehead atoms. The standard InChI is InChI=1S/C25H25N5O4S2/c1-15(31)28-18-6-9-20(10-7-18)36(32,33)30-22(13-16-4-3-5-17(12-16)24(26)27)25-29-21-11-8-19(34-2)14-23(21)35-25/h3-12,14,22,30H,13H2,1-2H3,(H3,26,27)(H,28,31). The van der Waals surface area contributed by atoms with E-state index in [0.29, 0.717) is 28.4 Å². The van der Waals surface area contributed by atoms with E-state index in [-0.39, 0.29) is 16.6 Å². The Labute approximate surface area is 212 Å². The third-order valence-corrected chi connectivity index (χ3v) is 7.99. The molecule has 0 aliphatic rings. The average Bonchev–Trinajstić information content (AvgIpc) is 3.27. The number of amidine groups is 1. The van der Waals surface area contributed by atoms with E-state index in [1.54, 1.807) is 31.4 Å². The number of thiazole rings is 1. The summed E-state index contributed by atoms with van der Waals surface area (Å²) < 4.78 is 35.6. The smallest absolute Gasteiger partial charge is 0.241 e. The summed E-state index contributed by atoms with van der Waals surface area (Å²) in [6, 6.07) is 17.9. The van der Waals surface area contributed by atoms with Crippen molar-refractivity contribution in [1.29, 1.82) is 5.41 Å². The van der Waals surface area contributed by atoms with Crippen LogP contribution < -0.4 is 20.5 Å². The Hall–Kier alpha value is -3.80. The van der Waals surface area contributed by atoms with Gasteiger partial charge in [0.25, 0.3) is 0 Å². The normalized spacial score (nSPS) is 12.3. The summed E-state index contributed by atoms with van der Waals surface area (Å²) >= 11 is 1.38. The maximum atomic E-state index is 13.3. The van der Waals surface area contributed by atoms with Crippen LogP contribution in [-0.2, 0) is 21.2 Å². The molecule has 11 heteroatoms. The fraction of sp³-hybridized carbons (Fsp3) is 0.160. The first-order valence-electron chi connectivity index (χ1n) is 10.9. The van der Waals surface area contributed by atoms with Gasteiger partial charge >= 0.3 is 0 Å². The van der Waals surface area contributed by atoms with E-state index in [2.05, 4.69) is 15.0 Å². The zero-order valence-corrected chi connectivity index (χ0v) is 21.2. The lowest BCUT2D eigenvalue weighted by Gasteiger charge is -2.18. The van der Waals surface area contributed by atoms with Gasteiger partial charge in [-0.05, 0) is 60.5 Å². The van der Waals surface area contributed by atoms with Gasteiger partial charge in [-0.1, -0.05) is 18.2 Å². The zero-order chi connectivity index (χ0) is 25.9. The molecule has 1 unspecified atom stereocenters. The lowest BCUT2D eigenvalue weighted by molar-refractivity contribution is -0.114. The zero-order valence-electron chi connectivity index (χ0n) is 19.6. The maximum Gasteiger partial charge on any atom is 0.241 e. The Kier molecular flexibility index (Phi) is 7.34. The number of carbonyl (C=O) groups is 1. The second-order valence-corrected chi connectivity index (χ2v) is 10.9. The Bertz CT molecular complexity index is 1530. The number of aromatic nitrogens is 1. The number of methoxy groups -OCH3 is 1. The van der Waals surface area contributed by atoms with E-state index in [1.807, 2.05) is 18.2 Å². The van der Waals surface area contributed by atoms with Crippen LogP contribution in [0.3, 0.4) is 0 Å². The van der Waals surface area contributed by atoms with Crippen molar-refractivity contribution in [2.45, 2.75) is 24.3 Å². The first-order valence-corrected chi connectivity index (χ1v) is 13.2. The monoisotopic (exact) mass is 523 g/mol. The second kappa shape index (κ2) is 10.4. The van der Waals surface area contributed by atoms with E-state index < -0.39 is 16.1 Å². The van der Waals surface area contributed by atoms with Crippen molar-refractivity contribution in [2.75, 3.05) is 12.4 Å². The molecular formula is C25H25N5O4S2. The third kappa shape index (κ3) is 5.88. The van der Waals surface area contributed by atoms with Crippen LogP contribution in [0.15, 0.2) is 71.6 Å². The van der Waals surface area contributed by atoms with Crippen molar-refractivity contribution in [3.63, 3.8) is 0 Å². The molecule has 5 N–H and O–H groups in total. The van der Waals surface area contributed by atoms with Crippen LogP contribution in [-0.4, -0.2) is 32.3 Å². The molecule has 4 aromatic rings. The molecule has 1 atom stereocenters. The Morgan fingerprint density at radius 1 is 1.14 bits per heavy atom. The molecule has 3 aromatic carbocycles. The van der Waals surface area contributed by atoms with Crippen molar-refractivity contribution >= 4 is 49.0 Å². The van der Waals surface area contributed by atoms with E-state index >= 15 is 0 Å². The van der Waals surface area contributed by atoms with Crippen LogP contribution in [0.5, 0.6) is 5.75 Å². The van der Waals surface area contributed by atoms with Gasteiger partial charge in [0, 0.05) is 18.2 Å². The highest BCUT2D eigenvalue weighted by molar-refractivity contribution is 7.89. The highest BCUT2D eigenvalue weighted by Gasteiger charge is 2.25. The van der Waals surface area contributed by atoms with Crippen LogP contribution in [0, 0.1) is 5.41 Å².